The van der Waals surface area contributed by atoms with E-state index in [2.05, 4.69) is 34.1 Å². The molecule has 4 rings (SSSR count). The highest BCUT2D eigenvalue weighted by molar-refractivity contribution is 6.27. The van der Waals surface area contributed by atoms with Crippen molar-refractivity contribution in [3.8, 4) is 11.5 Å². The Morgan fingerprint density at radius 3 is 2.22 bits per heavy atom. The molecule has 1 aliphatic heterocycles. The highest BCUT2D eigenvalue weighted by Crippen LogP contribution is 2.43. The first-order valence-electron chi connectivity index (χ1n) is 11.3. The second-order valence-corrected chi connectivity index (χ2v) is 8.65. The number of benzene rings is 1. The van der Waals surface area contributed by atoms with Crippen molar-refractivity contribution in [1.82, 2.24) is 9.80 Å². The minimum absolute atomic E-state index is 0.663. The van der Waals surface area contributed by atoms with E-state index in [0.717, 1.165) is 48.9 Å². The van der Waals surface area contributed by atoms with Crippen LogP contribution in [0.4, 0.5) is 0 Å². The van der Waals surface area contributed by atoms with Crippen molar-refractivity contribution in [2.75, 3.05) is 46.4 Å². The van der Waals surface area contributed by atoms with Gasteiger partial charge in [-0.05, 0) is 55.2 Å². The number of piperazine rings is 1. The molecule has 8 heteroatoms. The van der Waals surface area contributed by atoms with E-state index in [1.165, 1.54) is 38.0 Å². The maximum Gasteiger partial charge on any atom is 0.414 e. The Balaban J connectivity index is 0.000000427. The molecule has 32 heavy (non-hydrogen) atoms. The van der Waals surface area contributed by atoms with Gasteiger partial charge in [0.2, 0.25) is 0 Å². The number of aliphatic carboxylic acids is 2. The summed E-state index contributed by atoms with van der Waals surface area (Å²) in [6, 6.07) is 6.32. The minimum atomic E-state index is -1.82. The van der Waals surface area contributed by atoms with Crippen molar-refractivity contribution in [1.29, 1.82) is 0 Å². The lowest BCUT2D eigenvalue weighted by atomic mass is 9.93. The van der Waals surface area contributed by atoms with Gasteiger partial charge in [-0.2, -0.15) is 0 Å². The first kappa shape index (κ1) is 24.1. The molecule has 2 fully saturated rings. The van der Waals surface area contributed by atoms with Gasteiger partial charge in [-0.1, -0.05) is 18.2 Å². The maximum atomic E-state index is 9.10. The number of carboxylic acid groups (broad SMARTS) is 2. The van der Waals surface area contributed by atoms with E-state index in [-0.39, 0.29) is 0 Å². The normalized spacial score (nSPS) is 24.6. The van der Waals surface area contributed by atoms with E-state index in [1.807, 2.05) is 13.0 Å². The molecule has 3 atom stereocenters. The summed E-state index contributed by atoms with van der Waals surface area (Å²) in [5, 5.41) is 14.8. The molecule has 2 bridgehead atoms. The van der Waals surface area contributed by atoms with Crippen molar-refractivity contribution in [2.45, 2.75) is 26.3 Å². The molecule has 0 spiro atoms. The van der Waals surface area contributed by atoms with Gasteiger partial charge >= 0.3 is 11.9 Å². The minimum Gasteiger partial charge on any atom is -0.493 e. The fourth-order valence-electron chi connectivity index (χ4n) is 4.91. The summed E-state index contributed by atoms with van der Waals surface area (Å²) in [7, 11) is 1.70. The zero-order valence-corrected chi connectivity index (χ0v) is 18.9. The van der Waals surface area contributed by atoms with Gasteiger partial charge in [0.25, 0.3) is 0 Å². The lowest BCUT2D eigenvalue weighted by molar-refractivity contribution is -0.159. The van der Waals surface area contributed by atoms with Gasteiger partial charge in [-0.25, -0.2) is 9.59 Å². The zero-order chi connectivity index (χ0) is 23.1. The lowest BCUT2D eigenvalue weighted by Crippen LogP contribution is -2.47. The molecule has 2 aliphatic carbocycles. The fourth-order valence-corrected chi connectivity index (χ4v) is 4.91. The van der Waals surface area contributed by atoms with Crippen LogP contribution in [0.2, 0.25) is 0 Å². The van der Waals surface area contributed by atoms with Gasteiger partial charge in [0.1, 0.15) is 0 Å². The average Bonchev–Trinajstić information content (AvgIpc) is 3.39. The molecule has 1 saturated heterocycles. The number of nitrogens with zero attached hydrogens (tertiary/aromatic N) is 2. The van der Waals surface area contributed by atoms with Crippen LogP contribution in [0.3, 0.4) is 0 Å². The SMILES string of the molecule is CCOc1cc(CN2CCN(CC3CC4C=CC3C4)CC2)ccc1OC.O=C(O)C(=O)O. The van der Waals surface area contributed by atoms with Gasteiger partial charge in [0, 0.05) is 39.3 Å². The smallest absolute Gasteiger partial charge is 0.414 e. The standard InChI is InChI=1S/C22H32N2O2.C2H2O4/c1-3-26-22-14-18(5-7-21(22)25-2)15-23-8-10-24(11-9-23)16-20-13-17-4-6-19(20)12-17;3-1(4)2(5)6/h4-7,14,17,19-20H,3,8-13,15-16H2,1-2H3;(H,3,4)(H,5,6). The number of methoxy groups -OCH3 is 1. The molecule has 0 aromatic heterocycles. The van der Waals surface area contributed by atoms with Crippen molar-refractivity contribution in [3.63, 3.8) is 0 Å². The van der Waals surface area contributed by atoms with Gasteiger partial charge in [0.15, 0.2) is 11.5 Å². The Morgan fingerprint density at radius 2 is 1.69 bits per heavy atom. The van der Waals surface area contributed by atoms with Crippen LogP contribution in [0.5, 0.6) is 11.5 Å². The molecule has 1 heterocycles. The van der Waals surface area contributed by atoms with Crippen LogP contribution in [0.25, 0.3) is 0 Å². The van der Waals surface area contributed by atoms with Gasteiger partial charge in [-0.3, -0.25) is 4.90 Å². The Kier molecular flexibility index (Phi) is 8.53. The molecule has 3 unspecified atom stereocenters. The Labute approximate surface area is 189 Å². The molecule has 0 radical (unpaired) electrons. The van der Waals surface area contributed by atoms with Gasteiger partial charge in [-0.15, -0.1) is 0 Å². The second kappa shape index (κ2) is 11.3. The number of rotatable bonds is 7. The topological polar surface area (TPSA) is 99.5 Å². The van der Waals surface area contributed by atoms with E-state index in [1.54, 1.807) is 7.11 Å². The molecule has 1 saturated carbocycles. The van der Waals surface area contributed by atoms with E-state index in [4.69, 9.17) is 29.3 Å². The largest absolute Gasteiger partial charge is 0.493 e. The van der Waals surface area contributed by atoms with Crippen LogP contribution in [0.15, 0.2) is 30.4 Å². The summed E-state index contributed by atoms with van der Waals surface area (Å²) < 4.78 is 11.1. The molecule has 3 aliphatic rings. The predicted molar refractivity (Wildman–Crippen MR) is 120 cm³/mol. The zero-order valence-electron chi connectivity index (χ0n) is 18.9. The number of carbonyl (C=O) groups is 2. The third-order valence-corrected chi connectivity index (χ3v) is 6.49. The Morgan fingerprint density at radius 1 is 1.00 bits per heavy atom. The maximum absolute atomic E-state index is 9.10. The highest BCUT2D eigenvalue weighted by Gasteiger charge is 2.36. The number of allylic oxidation sites excluding steroid dienone is 2. The summed E-state index contributed by atoms with van der Waals surface area (Å²) in [5.74, 6) is 0.697. The molecular weight excluding hydrogens is 412 g/mol. The summed E-state index contributed by atoms with van der Waals surface area (Å²) in [5.41, 5.74) is 1.31. The number of ether oxygens (including phenoxy) is 2. The summed E-state index contributed by atoms with van der Waals surface area (Å²) in [6.07, 6.45) is 7.77. The first-order valence-corrected chi connectivity index (χ1v) is 11.3. The molecule has 2 N–H and O–H groups in total. The number of fused-ring (bicyclic) bond motifs is 2. The number of carboxylic acids is 2. The van der Waals surface area contributed by atoms with Gasteiger partial charge < -0.3 is 24.6 Å². The van der Waals surface area contributed by atoms with Crippen LogP contribution in [-0.4, -0.2) is 78.4 Å². The van der Waals surface area contributed by atoms with E-state index >= 15 is 0 Å². The molecular formula is C24H34N2O6. The van der Waals surface area contributed by atoms with Crippen molar-refractivity contribution >= 4 is 11.9 Å². The average molecular weight is 447 g/mol. The summed E-state index contributed by atoms with van der Waals surface area (Å²) in [6.45, 7) is 9.69. The Hall–Kier alpha value is -2.58. The third-order valence-electron chi connectivity index (χ3n) is 6.49. The molecule has 1 aromatic carbocycles. The fraction of sp³-hybridized carbons (Fsp3) is 0.583. The van der Waals surface area contributed by atoms with Crippen molar-refractivity contribution < 1.29 is 29.3 Å². The van der Waals surface area contributed by atoms with Gasteiger partial charge in [0.05, 0.1) is 13.7 Å². The predicted octanol–water partition coefficient (Wildman–Crippen LogP) is 2.58. The van der Waals surface area contributed by atoms with Crippen molar-refractivity contribution in [2.24, 2.45) is 17.8 Å². The van der Waals surface area contributed by atoms with Crippen LogP contribution in [0.1, 0.15) is 25.3 Å². The monoisotopic (exact) mass is 446 g/mol. The second-order valence-electron chi connectivity index (χ2n) is 8.65. The van der Waals surface area contributed by atoms with Crippen LogP contribution in [0, 0.1) is 17.8 Å². The van der Waals surface area contributed by atoms with E-state index < -0.39 is 11.9 Å². The third kappa shape index (κ3) is 6.46. The molecule has 0 amide bonds. The highest BCUT2D eigenvalue weighted by atomic mass is 16.5. The number of hydrogen-bond donors (Lipinski definition) is 2. The summed E-state index contributed by atoms with van der Waals surface area (Å²) >= 11 is 0. The molecule has 176 valence electrons. The van der Waals surface area contributed by atoms with Crippen LogP contribution < -0.4 is 9.47 Å². The number of hydrogen-bond acceptors (Lipinski definition) is 6. The van der Waals surface area contributed by atoms with E-state index in [9.17, 15) is 0 Å². The Bertz CT molecular complexity index is 807. The lowest BCUT2D eigenvalue weighted by Gasteiger charge is -2.37. The first-order chi connectivity index (χ1) is 15.4. The van der Waals surface area contributed by atoms with Crippen LogP contribution >= 0.6 is 0 Å². The van der Waals surface area contributed by atoms with Crippen LogP contribution in [-0.2, 0) is 16.1 Å². The summed E-state index contributed by atoms with van der Waals surface area (Å²) in [4.78, 5) is 23.5. The quantitative estimate of drug-likeness (QED) is 0.487. The molecule has 1 aromatic rings. The molecule has 8 nitrogen and oxygen atoms in total. The van der Waals surface area contributed by atoms with E-state index in [0.29, 0.717) is 6.61 Å². The van der Waals surface area contributed by atoms with Crippen molar-refractivity contribution in [3.05, 3.63) is 35.9 Å².